The average Bonchev–Trinajstić information content (AvgIpc) is 2.72. The number of rotatable bonds is 12. The highest BCUT2D eigenvalue weighted by Gasteiger charge is 2.29. The Labute approximate surface area is 192 Å². The van der Waals surface area contributed by atoms with Gasteiger partial charge >= 0.3 is 5.97 Å². The van der Waals surface area contributed by atoms with E-state index in [-0.39, 0.29) is 23.8 Å². The molecular formula is C21H32N4O6S. The summed E-state index contributed by atoms with van der Waals surface area (Å²) in [4.78, 5) is 49.0. The van der Waals surface area contributed by atoms with Crippen molar-refractivity contribution in [2.75, 3.05) is 5.75 Å². The first kappa shape index (κ1) is 27.2. The summed E-state index contributed by atoms with van der Waals surface area (Å²) >= 11 is 3.99. The van der Waals surface area contributed by atoms with Crippen molar-refractivity contribution in [2.45, 2.75) is 57.8 Å². The number of carboxylic acid groups (broad SMARTS) is 1. The van der Waals surface area contributed by atoms with Crippen LogP contribution in [0, 0.1) is 5.92 Å². The Balaban J connectivity index is 3.07. The first-order chi connectivity index (χ1) is 14.9. The Morgan fingerprint density at radius 1 is 0.938 bits per heavy atom. The summed E-state index contributed by atoms with van der Waals surface area (Å²) in [5.41, 5.74) is 6.31. The molecule has 0 bridgehead atoms. The molecule has 0 spiro atoms. The zero-order valence-corrected chi connectivity index (χ0v) is 19.3. The second-order valence-electron chi connectivity index (χ2n) is 7.98. The Morgan fingerprint density at radius 2 is 1.47 bits per heavy atom. The van der Waals surface area contributed by atoms with Crippen LogP contribution in [0.4, 0.5) is 0 Å². The van der Waals surface area contributed by atoms with Crippen LogP contribution in [0.5, 0.6) is 5.75 Å². The smallest absolute Gasteiger partial charge is 0.325 e. The van der Waals surface area contributed by atoms with Crippen LogP contribution in [-0.4, -0.2) is 63.8 Å². The molecule has 1 aromatic rings. The summed E-state index contributed by atoms with van der Waals surface area (Å²) in [6, 6.07) is 1.93. The van der Waals surface area contributed by atoms with Gasteiger partial charge in [0.05, 0.1) is 6.04 Å². The van der Waals surface area contributed by atoms with Gasteiger partial charge in [0.15, 0.2) is 0 Å². The Bertz CT molecular complexity index is 802. The Kier molecular flexibility index (Phi) is 11.0. The van der Waals surface area contributed by atoms with Crippen molar-refractivity contribution in [1.29, 1.82) is 0 Å². The van der Waals surface area contributed by atoms with Crippen LogP contribution in [0.15, 0.2) is 24.3 Å². The van der Waals surface area contributed by atoms with E-state index < -0.39 is 47.9 Å². The van der Waals surface area contributed by atoms with Crippen LogP contribution < -0.4 is 21.7 Å². The molecule has 4 unspecified atom stereocenters. The molecule has 11 heteroatoms. The molecule has 0 saturated carbocycles. The van der Waals surface area contributed by atoms with Gasteiger partial charge < -0.3 is 31.9 Å². The molecule has 0 heterocycles. The Hall–Kier alpha value is -2.79. The van der Waals surface area contributed by atoms with Gasteiger partial charge in [-0.05, 0) is 37.0 Å². The fraction of sp³-hybridized carbons (Fsp3) is 0.524. The number of amides is 3. The number of phenols is 1. The molecule has 1 aromatic carbocycles. The van der Waals surface area contributed by atoms with Gasteiger partial charge in [-0.25, -0.2) is 0 Å². The maximum atomic E-state index is 13.0. The normalized spacial score (nSPS) is 14.7. The zero-order valence-electron chi connectivity index (χ0n) is 18.4. The highest BCUT2D eigenvalue weighted by atomic mass is 32.1. The molecule has 0 saturated heterocycles. The van der Waals surface area contributed by atoms with Crippen molar-refractivity contribution in [3.8, 4) is 5.75 Å². The monoisotopic (exact) mass is 468 g/mol. The minimum absolute atomic E-state index is 0.0403. The summed E-state index contributed by atoms with van der Waals surface area (Å²) in [5.74, 6) is -2.86. The first-order valence-corrected chi connectivity index (χ1v) is 10.9. The highest BCUT2D eigenvalue weighted by Crippen LogP contribution is 2.12. The molecule has 0 fully saturated rings. The van der Waals surface area contributed by atoms with E-state index in [1.54, 1.807) is 12.1 Å². The number of nitrogens with one attached hydrogen (secondary N) is 3. The number of hydrogen-bond acceptors (Lipinski definition) is 7. The third kappa shape index (κ3) is 9.15. The SMILES string of the molecule is CC(C)CC(NC(=O)C(N)CS)C(=O)NC(Cc1ccc(O)cc1)C(=O)NC(C)C(=O)O. The number of phenolic OH excluding ortho intramolecular Hbond substituents is 1. The summed E-state index contributed by atoms with van der Waals surface area (Å²) < 4.78 is 0. The standard InChI is InChI=1S/C21H32N4O6S/c1-11(2)8-16(24-18(27)15(22)10-32)20(29)25-17(19(28)23-12(3)21(30)31)9-13-4-6-14(26)7-5-13/h4-7,11-12,15-17,26,32H,8-10,22H2,1-3H3,(H,23,28)(H,24,27)(H,25,29)(H,30,31). The predicted molar refractivity (Wildman–Crippen MR) is 122 cm³/mol. The number of carboxylic acids is 1. The van der Waals surface area contributed by atoms with Crippen LogP contribution in [0.1, 0.15) is 32.8 Å². The number of aliphatic carboxylic acids is 1. The minimum Gasteiger partial charge on any atom is -0.508 e. The second-order valence-corrected chi connectivity index (χ2v) is 8.35. The zero-order chi connectivity index (χ0) is 24.4. The van der Waals surface area contributed by atoms with E-state index in [4.69, 9.17) is 10.8 Å². The lowest BCUT2D eigenvalue weighted by Crippen LogP contribution is -2.57. The third-order valence-electron chi connectivity index (χ3n) is 4.61. The number of thiol groups is 1. The second kappa shape index (κ2) is 12.9. The molecule has 1 rings (SSSR count). The summed E-state index contributed by atoms with van der Waals surface area (Å²) in [7, 11) is 0. The van der Waals surface area contributed by atoms with E-state index in [0.717, 1.165) is 0 Å². The van der Waals surface area contributed by atoms with Gasteiger partial charge in [-0.1, -0.05) is 26.0 Å². The van der Waals surface area contributed by atoms with Gasteiger partial charge in [-0.2, -0.15) is 12.6 Å². The maximum absolute atomic E-state index is 13.0. The van der Waals surface area contributed by atoms with E-state index in [2.05, 4.69) is 28.6 Å². The average molecular weight is 469 g/mol. The number of benzene rings is 1. The van der Waals surface area contributed by atoms with Gasteiger partial charge in [0, 0.05) is 12.2 Å². The van der Waals surface area contributed by atoms with Crippen molar-refractivity contribution in [3.63, 3.8) is 0 Å². The van der Waals surface area contributed by atoms with Gasteiger partial charge in [-0.15, -0.1) is 0 Å². The molecule has 0 aliphatic heterocycles. The molecule has 0 aromatic heterocycles. The highest BCUT2D eigenvalue weighted by molar-refractivity contribution is 7.80. The van der Waals surface area contributed by atoms with Gasteiger partial charge in [0.1, 0.15) is 23.9 Å². The number of carbonyl (C=O) groups excluding carboxylic acids is 3. The third-order valence-corrected chi connectivity index (χ3v) is 5.01. The summed E-state index contributed by atoms with van der Waals surface area (Å²) in [6.45, 7) is 5.06. The predicted octanol–water partition coefficient (Wildman–Crippen LogP) is -0.203. The van der Waals surface area contributed by atoms with Crippen molar-refractivity contribution in [1.82, 2.24) is 16.0 Å². The molecule has 0 aliphatic rings. The lowest BCUT2D eigenvalue weighted by Gasteiger charge is -2.25. The fourth-order valence-electron chi connectivity index (χ4n) is 2.79. The van der Waals surface area contributed by atoms with E-state index >= 15 is 0 Å². The van der Waals surface area contributed by atoms with Crippen molar-refractivity contribution < 1.29 is 29.4 Å². The van der Waals surface area contributed by atoms with E-state index in [1.165, 1.54) is 19.1 Å². The minimum atomic E-state index is -1.22. The molecule has 4 atom stereocenters. The lowest BCUT2D eigenvalue weighted by molar-refractivity contribution is -0.141. The summed E-state index contributed by atoms with van der Waals surface area (Å²) in [6.07, 6.45) is 0.346. The quantitative estimate of drug-likeness (QED) is 0.208. The lowest BCUT2D eigenvalue weighted by atomic mass is 10.0. The fourth-order valence-corrected chi connectivity index (χ4v) is 2.96. The molecular weight excluding hydrogens is 436 g/mol. The number of hydrogen-bond donors (Lipinski definition) is 7. The maximum Gasteiger partial charge on any atom is 0.325 e. The van der Waals surface area contributed by atoms with Gasteiger partial charge in [0.25, 0.3) is 0 Å². The van der Waals surface area contributed by atoms with Gasteiger partial charge in [-0.3, -0.25) is 19.2 Å². The van der Waals surface area contributed by atoms with E-state index in [9.17, 15) is 24.3 Å². The van der Waals surface area contributed by atoms with Crippen molar-refractivity contribution in [2.24, 2.45) is 11.7 Å². The van der Waals surface area contributed by atoms with Crippen LogP contribution in [0.25, 0.3) is 0 Å². The van der Waals surface area contributed by atoms with E-state index in [0.29, 0.717) is 12.0 Å². The number of carbonyl (C=O) groups is 4. The van der Waals surface area contributed by atoms with E-state index in [1.807, 2.05) is 13.8 Å². The number of aromatic hydroxyl groups is 1. The Morgan fingerprint density at radius 3 is 1.97 bits per heavy atom. The van der Waals surface area contributed by atoms with Crippen LogP contribution in [-0.2, 0) is 25.6 Å². The van der Waals surface area contributed by atoms with Crippen molar-refractivity contribution in [3.05, 3.63) is 29.8 Å². The largest absolute Gasteiger partial charge is 0.508 e. The van der Waals surface area contributed by atoms with Crippen LogP contribution >= 0.6 is 12.6 Å². The van der Waals surface area contributed by atoms with Crippen LogP contribution in [0.2, 0.25) is 0 Å². The summed E-state index contributed by atoms with van der Waals surface area (Å²) in [5, 5.41) is 26.1. The molecule has 0 radical (unpaired) electrons. The van der Waals surface area contributed by atoms with Gasteiger partial charge in [0.2, 0.25) is 17.7 Å². The van der Waals surface area contributed by atoms with Crippen LogP contribution in [0.3, 0.4) is 0 Å². The van der Waals surface area contributed by atoms with Crippen molar-refractivity contribution >= 4 is 36.3 Å². The first-order valence-electron chi connectivity index (χ1n) is 10.2. The molecule has 3 amide bonds. The molecule has 10 nitrogen and oxygen atoms in total. The molecule has 7 N–H and O–H groups in total. The molecule has 32 heavy (non-hydrogen) atoms. The topological polar surface area (TPSA) is 171 Å². The molecule has 178 valence electrons. The molecule has 0 aliphatic carbocycles. The number of nitrogens with two attached hydrogens (primary N) is 1.